The second-order valence-electron chi connectivity index (χ2n) is 6.30. The standard InChI is InChI=1S/C17H28N2O/c1-4-16(18)17(14-7-9-19-10-8-14)20-15-6-5-12(2)13(3)11-15/h7-10,12-13,15-17H,4-6,11,18H2,1-3H3. The Bertz CT molecular complexity index is 395. The third-order valence-corrected chi connectivity index (χ3v) is 4.78. The van der Waals surface area contributed by atoms with Gasteiger partial charge in [0, 0.05) is 18.4 Å². The minimum atomic E-state index is -0.00592. The second-order valence-corrected chi connectivity index (χ2v) is 6.30. The lowest BCUT2D eigenvalue weighted by molar-refractivity contribution is -0.0594. The van der Waals surface area contributed by atoms with Crippen LogP contribution in [0.3, 0.4) is 0 Å². The average molecular weight is 276 g/mol. The minimum absolute atomic E-state index is 0.00592. The zero-order valence-electron chi connectivity index (χ0n) is 13.0. The van der Waals surface area contributed by atoms with Gasteiger partial charge < -0.3 is 10.5 Å². The summed E-state index contributed by atoms with van der Waals surface area (Å²) in [5.41, 5.74) is 7.44. The molecule has 1 aliphatic carbocycles. The molecule has 1 aromatic heterocycles. The molecule has 0 amide bonds. The summed E-state index contributed by atoms with van der Waals surface area (Å²) in [6.07, 6.45) is 8.47. The van der Waals surface area contributed by atoms with E-state index in [1.54, 1.807) is 0 Å². The Hall–Kier alpha value is -0.930. The molecule has 0 aromatic carbocycles. The first-order chi connectivity index (χ1) is 9.61. The quantitative estimate of drug-likeness (QED) is 0.892. The van der Waals surface area contributed by atoms with Gasteiger partial charge in [0.15, 0.2) is 0 Å². The van der Waals surface area contributed by atoms with Crippen LogP contribution in [0.25, 0.3) is 0 Å². The fourth-order valence-corrected chi connectivity index (χ4v) is 3.02. The van der Waals surface area contributed by atoms with Crippen LogP contribution >= 0.6 is 0 Å². The summed E-state index contributed by atoms with van der Waals surface area (Å²) in [5, 5.41) is 0. The highest BCUT2D eigenvalue weighted by atomic mass is 16.5. The maximum atomic E-state index is 6.40. The Labute approximate surface area is 122 Å². The fraction of sp³-hybridized carbons (Fsp3) is 0.706. The molecule has 3 nitrogen and oxygen atoms in total. The second kappa shape index (κ2) is 7.19. The first-order valence-corrected chi connectivity index (χ1v) is 7.92. The van der Waals surface area contributed by atoms with E-state index in [-0.39, 0.29) is 12.1 Å². The van der Waals surface area contributed by atoms with E-state index in [0.29, 0.717) is 6.10 Å². The Morgan fingerprint density at radius 1 is 1.25 bits per heavy atom. The lowest BCUT2D eigenvalue weighted by atomic mass is 9.80. The molecule has 2 N–H and O–H groups in total. The molecule has 20 heavy (non-hydrogen) atoms. The number of hydrogen-bond acceptors (Lipinski definition) is 3. The van der Waals surface area contributed by atoms with E-state index >= 15 is 0 Å². The van der Waals surface area contributed by atoms with Crippen LogP contribution < -0.4 is 5.73 Å². The monoisotopic (exact) mass is 276 g/mol. The summed E-state index contributed by atoms with van der Waals surface area (Å²) in [6, 6.07) is 4.09. The van der Waals surface area contributed by atoms with E-state index in [2.05, 4.69) is 25.8 Å². The van der Waals surface area contributed by atoms with Crippen LogP contribution in [-0.4, -0.2) is 17.1 Å². The number of hydrogen-bond donors (Lipinski definition) is 1. The van der Waals surface area contributed by atoms with Crippen molar-refractivity contribution in [1.82, 2.24) is 4.98 Å². The fourth-order valence-electron chi connectivity index (χ4n) is 3.02. The number of rotatable bonds is 5. The van der Waals surface area contributed by atoms with Crippen LogP contribution in [0, 0.1) is 11.8 Å². The highest BCUT2D eigenvalue weighted by Gasteiger charge is 2.29. The van der Waals surface area contributed by atoms with E-state index in [0.717, 1.165) is 36.7 Å². The average Bonchev–Trinajstić information content (AvgIpc) is 2.48. The van der Waals surface area contributed by atoms with Crippen molar-refractivity contribution < 1.29 is 4.74 Å². The van der Waals surface area contributed by atoms with Crippen molar-refractivity contribution >= 4 is 0 Å². The number of pyridine rings is 1. The third-order valence-electron chi connectivity index (χ3n) is 4.78. The summed E-state index contributed by atoms with van der Waals surface area (Å²) < 4.78 is 6.40. The third kappa shape index (κ3) is 3.80. The molecule has 5 unspecified atom stereocenters. The normalized spacial score (nSPS) is 29.9. The van der Waals surface area contributed by atoms with Gasteiger partial charge >= 0.3 is 0 Å². The molecule has 1 fully saturated rings. The maximum Gasteiger partial charge on any atom is 0.0980 e. The molecular weight excluding hydrogens is 248 g/mol. The first-order valence-electron chi connectivity index (χ1n) is 7.92. The maximum absolute atomic E-state index is 6.40. The van der Waals surface area contributed by atoms with Gasteiger partial charge in [0.05, 0.1) is 12.2 Å². The van der Waals surface area contributed by atoms with Gasteiger partial charge in [-0.05, 0) is 55.2 Å². The molecule has 112 valence electrons. The molecule has 1 saturated carbocycles. The Kier molecular flexibility index (Phi) is 5.55. The lowest BCUT2D eigenvalue weighted by Crippen LogP contribution is -2.35. The molecular formula is C17H28N2O. The molecule has 3 heteroatoms. The summed E-state index contributed by atoms with van der Waals surface area (Å²) in [4.78, 5) is 4.09. The number of aromatic nitrogens is 1. The van der Waals surface area contributed by atoms with Crippen LogP contribution in [-0.2, 0) is 4.74 Å². The Morgan fingerprint density at radius 3 is 2.55 bits per heavy atom. The van der Waals surface area contributed by atoms with Crippen LogP contribution in [0.15, 0.2) is 24.5 Å². The Morgan fingerprint density at radius 2 is 1.95 bits per heavy atom. The molecule has 1 aliphatic rings. The van der Waals surface area contributed by atoms with Crippen LogP contribution in [0.4, 0.5) is 0 Å². The predicted molar refractivity (Wildman–Crippen MR) is 82.3 cm³/mol. The van der Waals surface area contributed by atoms with E-state index in [9.17, 15) is 0 Å². The summed E-state index contributed by atoms with van der Waals surface area (Å²) in [6.45, 7) is 6.80. The van der Waals surface area contributed by atoms with Crippen molar-refractivity contribution in [3.05, 3.63) is 30.1 Å². The molecule has 2 rings (SSSR count). The molecule has 0 spiro atoms. The minimum Gasteiger partial charge on any atom is -0.369 e. The molecule has 1 aromatic rings. The van der Waals surface area contributed by atoms with Crippen molar-refractivity contribution in [2.24, 2.45) is 17.6 Å². The van der Waals surface area contributed by atoms with Gasteiger partial charge in [0.25, 0.3) is 0 Å². The number of nitrogens with two attached hydrogens (primary N) is 1. The summed E-state index contributed by atoms with van der Waals surface area (Å²) in [7, 11) is 0. The van der Waals surface area contributed by atoms with Gasteiger partial charge in [0.2, 0.25) is 0 Å². The smallest absolute Gasteiger partial charge is 0.0980 e. The van der Waals surface area contributed by atoms with Crippen molar-refractivity contribution in [2.75, 3.05) is 0 Å². The lowest BCUT2D eigenvalue weighted by Gasteiger charge is -2.35. The van der Waals surface area contributed by atoms with Crippen LogP contribution in [0.5, 0.6) is 0 Å². The SMILES string of the molecule is CCC(N)C(OC1CCC(C)C(C)C1)c1ccncc1. The Balaban J connectivity index is 2.05. The number of ether oxygens (including phenoxy) is 1. The van der Waals surface area contributed by atoms with Gasteiger partial charge in [-0.15, -0.1) is 0 Å². The van der Waals surface area contributed by atoms with E-state index in [4.69, 9.17) is 10.5 Å². The molecule has 0 saturated heterocycles. The highest BCUT2D eigenvalue weighted by molar-refractivity contribution is 5.15. The predicted octanol–water partition coefficient (Wildman–Crippen LogP) is 3.70. The molecule has 0 bridgehead atoms. The van der Waals surface area contributed by atoms with Gasteiger partial charge in [-0.2, -0.15) is 0 Å². The molecule has 5 atom stereocenters. The van der Waals surface area contributed by atoms with Crippen molar-refractivity contribution in [1.29, 1.82) is 0 Å². The van der Waals surface area contributed by atoms with Crippen molar-refractivity contribution in [3.8, 4) is 0 Å². The van der Waals surface area contributed by atoms with Crippen molar-refractivity contribution in [3.63, 3.8) is 0 Å². The molecule has 0 aliphatic heterocycles. The van der Waals surface area contributed by atoms with Gasteiger partial charge in [-0.3, -0.25) is 4.98 Å². The van der Waals surface area contributed by atoms with Crippen molar-refractivity contribution in [2.45, 2.75) is 64.7 Å². The van der Waals surface area contributed by atoms with E-state index in [1.807, 2.05) is 24.5 Å². The molecule has 0 radical (unpaired) electrons. The van der Waals surface area contributed by atoms with Crippen LogP contribution in [0.1, 0.15) is 58.1 Å². The number of nitrogens with zero attached hydrogens (tertiary/aromatic N) is 1. The molecule has 1 heterocycles. The van der Waals surface area contributed by atoms with Crippen LogP contribution in [0.2, 0.25) is 0 Å². The summed E-state index contributed by atoms with van der Waals surface area (Å²) in [5.74, 6) is 1.55. The van der Waals surface area contributed by atoms with E-state index < -0.39 is 0 Å². The van der Waals surface area contributed by atoms with Gasteiger partial charge in [-0.1, -0.05) is 20.8 Å². The zero-order chi connectivity index (χ0) is 14.5. The van der Waals surface area contributed by atoms with Gasteiger partial charge in [-0.25, -0.2) is 0 Å². The highest BCUT2D eigenvalue weighted by Crippen LogP contribution is 2.34. The van der Waals surface area contributed by atoms with E-state index in [1.165, 1.54) is 6.42 Å². The first kappa shape index (κ1) is 15.5. The summed E-state index contributed by atoms with van der Waals surface area (Å²) >= 11 is 0. The van der Waals surface area contributed by atoms with Gasteiger partial charge in [0.1, 0.15) is 0 Å². The zero-order valence-corrected chi connectivity index (χ0v) is 13.0. The topological polar surface area (TPSA) is 48.1 Å². The largest absolute Gasteiger partial charge is 0.369 e.